The van der Waals surface area contributed by atoms with E-state index in [4.69, 9.17) is 0 Å². The minimum atomic E-state index is 0.109. The lowest BCUT2D eigenvalue weighted by molar-refractivity contribution is -0.121. The van der Waals surface area contributed by atoms with E-state index in [9.17, 15) is 4.79 Å². The van der Waals surface area contributed by atoms with Gasteiger partial charge >= 0.3 is 0 Å². The van der Waals surface area contributed by atoms with Gasteiger partial charge in [-0.1, -0.05) is 13.8 Å². The van der Waals surface area contributed by atoms with Gasteiger partial charge in [0, 0.05) is 56.9 Å². The zero-order chi connectivity index (χ0) is 18.7. The quantitative estimate of drug-likeness (QED) is 0.852. The maximum Gasteiger partial charge on any atom is 0.224 e. The number of carbonyl (C=O) groups is 1. The fourth-order valence-corrected chi connectivity index (χ4v) is 3.92. The van der Waals surface area contributed by atoms with Crippen molar-refractivity contribution in [3.63, 3.8) is 0 Å². The Morgan fingerprint density at radius 1 is 1.23 bits per heavy atom. The van der Waals surface area contributed by atoms with Crippen LogP contribution < -0.4 is 10.2 Å². The molecule has 0 aromatic carbocycles. The maximum absolute atomic E-state index is 12.6. The van der Waals surface area contributed by atoms with Crippen molar-refractivity contribution in [3.8, 4) is 0 Å². The van der Waals surface area contributed by atoms with Gasteiger partial charge in [-0.15, -0.1) is 0 Å². The van der Waals surface area contributed by atoms with Crippen LogP contribution in [0.1, 0.15) is 43.6 Å². The second kappa shape index (κ2) is 7.93. The highest BCUT2D eigenvalue weighted by molar-refractivity contribution is 5.79. The third-order valence-corrected chi connectivity index (χ3v) is 5.30. The first kappa shape index (κ1) is 18.5. The van der Waals surface area contributed by atoms with E-state index in [2.05, 4.69) is 34.1 Å². The Hall–Kier alpha value is -2.31. The summed E-state index contributed by atoms with van der Waals surface area (Å²) in [5.74, 6) is 1.11. The molecule has 1 N–H and O–H groups in total. The molecule has 0 bridgehead atoms. The molecule has 7 nitrogen and oxygen atoms in total. The number of piperidine rings is 1. The van der Waals surface area contributed by atoms with Crippen molar-refractivity contribution in [1.29, 1.82) is 0 Å². The normalized spacial score (nSPS) is 15.5. The summed E-state index contributed by atoms with van der Waals surface area (Å²) in [5.41, 5.74) is 3.33. The van der Waals surface area contributed by atoms with Crippen LogP contribution in [0.25, 0.3) is 0 Å². The molecule has 3 rings (SSSR count). The summed E-state index contributed by atoms with van der Waals surface area (Å²) in [6.07, 6.45) is 7.88. The maximum atomic E-state index is 12.6. The lowest BCUT2D eigenvalue weighted by Gasteiger charge is -2.33. The van der Waals surface area contributed by atoms with Gasteiger partial charge in [0.25, 0.3) is 0 Å². The van der Waals surface area contributed by atoms with Crippen molar-refractivity contribution in [2.24, 2.45) is 14.1 Å². The van der Waals surface area contributed by atoms with Crippen molar-refractivity contribution >= 4 is 11.9 Å². The molecule has 2 aromatic rings. The van der Waals surface area contributed by atoms with Crippen LogP contribution in [-0.4, -0.2) is 44.4 Å². The largest absolute Gasteiger partial charge is 0.353 e. The number of nitrogens with zero attached hydrogens (tertiary/aromatic N) is 5. The standard InChI is InChI=1S/C19H30N6O/c1-5-16-15(17(6-2)24(4)22-16)13-18(26)21-14-7-10-25(11-8-14)19-20-9-12-23(19)3/h9,12,14H,5-8,10-11,13H2,1-4H3,(H,21,26). The fourth-order valence-electron chi connectivity index (χ4n) is 3.92. The molecular formula is C19H30N6O. The molecule has 1 fully saturated rings. The van der Waals surface area contributed by atoms with Gasteiger partial charge in [0.1, 0.15) is 0 Å². The smallest absolute Gasteiger partial charge is 0.224 e. The predicted octanol–water partition coefficient (Wildman–Crippen LogP) is 1.61. The van der Waals surface area contributed by atoms with Crippen LogP contribution in [0.15, 0.2) is 12.4 Å². The first-order valence-electron chi connectivity index (χ1n) is 9.58. The summed E-state index contributed by atoms with van der Waals surface area (Å²) in [5, 5.41) is 7.80. The number of imidazole rings is 1. The molecule has 1 amide bonds. The Kier molecular flexibility index (Phi) is 5.64. The Bertz CT molecular complexity index is 754. The van der Waals surface area contributed by atoms with Crippen molar-refractivity contribution in [2.75, 3.05) is 18.0 Å². The third-order valence-electron chi connectivity index (χ3n) is 5.30. The number of hydrogen-bond acceptors (Lipinski definition) is 4. The molecule has 26 heavy (non-hydrogen) atoms. The molecular weight excluding hydrogens is 328 g/mol. The number of rotatable bonds is 6. The Morgan fingerprint density at radius 3 is 2.54 bits per heavy atom. The first-order valence-corrected chi connectivity index (χ1v) is 9.58. The van der Waals surface area contributed by atoms with Gasteiger partial charge < -0.3 is 14.8 Å². The number of amides is 1. The molecule has 3 heterocycles. The highest BCUT2D eigenvalue weighted by Gasteiger charge is 2.24. The zero-order valence-electron chi connectivity index (χ0n) is 16.3. The number of aromatic nitrogens is 4. The molecule has 7 heteroatoms. The number of aryl methyl sites for hydroxylation is 3. The molecule has 0 saturated carbocycles. The van der Waals surface area contributed by atoms with Gasteiger partial charge in [0.15, 0.2) is 0 Å². The van der Waals surface area contributed by atoms with Crippen molar-refractivity contribution in [3.05, 3.63) is 29.3 Å². The van der Waals surface area contributed by atoms with Gasteiger partial charge in [0.2, 0.25) is 11.9 Å². The van der Waals surface area contributed by atoms with Crippen LogP contribution in [0.2, 0.25) is 0 Å². The molecule has 0 radical (unpaired) electrons. The zero-order valence-corrected chi connectivity index (χ0v) is 16.3. The molecule has 0 aliphatic carbocycles. The number of nitrogens with one attached hydrogen (secondary N) is 1. The van der Waals surface area contributed by atoms with E-state index < -0.39 is 0 Å². The lowest BCUT2D eigenvalue weighted by atomic mass is 10.0. The molecule has 1 aliphatic heterocycles. The second-order valence-corrected chi connectivity index (χ2v) is 7.05. The van der Waals surface area contributed by atoms with Crippen LogP contribution in [-0.2, 0) is 38.2 Å². The van der Waals surface area contributed by atoms with Crippen LogP contribution in [0.3, 0.4) is 0 Å². The van der Waals surface area contributed by atoms with E-state index in [1.165, 1.54) is 5.69 Å². The summed E-state index contributed by atoms with van der Waals surface area (Å²) >= 11 is 0. The summed E-state index contributed by atoms with van der Waals surface area (Å²) in [6.45, 7) is 6.05. The summed E-state index contributed by atoms with van der Waals surface area (Å²) in [7, 11) is 3.98. The molecule has 1 aliphatic rings. The number of carbonyl (C=O) groups excluding carboxylic acids is 1. The molecule has 0 atom stereocenters. The summed E-state index contributed by atoms with van der Waals surface area (Å²) < 4.78 is 3.96. The van der Waals surface area contributed by atoms with Crippen LogP contribution >= 0.6 is 0 Å². The van der Waals surface area contributed by atoms with Crippen molar-refractivity contribution in [1.82, 2.24) is 24.6 Å². The molecule has 1 saturated heterocycles. The Morgan fingerprint density at radius 2 is 1.96 bits per heavy atom. The highest BCUT2D eigenvalue weighted by Crippen LogP contribution is 2.19. The van der Waals surface area contributed by atoms with Gasteiger partial charge in [0.05, 0.1) is 12.1 Å². The SMILES string of the molecule is CCc1nn(C)c(CC)c1CC(=O)NC1CCN(c2nccn2C)CC1. The molecule has 0 unspecified atom stereocenters. The van der Waals surface area contributed by atoms with E-state index in [0.29, 0.717) is 6.42 Å². The molecule has 142 valence electrons. The summed E-state index contributed by atoms with van der Waals surface area (Å²) in [4.78, 5) is 19.3. The number of hydrogen-bond donors (Lipinski definition) is 1. The minimum absolute atomic E-state index is 0.109. The average Bonchev–Trinajstić information content (AvgIpc) is 3.18. The van der Waals surface area contributed by atoms with E-state index in [0.717, 1.165) is 56.0 Å². The number of anilines is 1. The van der Waals surface area contributed by atoms with E-state index >= 15 is 0 Å². The average molecular weight is 358 g/mol. The topological polar surface area (TPSA) is 68.0 Å². The van der Waals surface area contributed by atoms with Gasteiger partial charge in [-0.2, -0.15) is 5.10 Å². The molecule has 0 spiro atoms. The van der Waals surface area contributed by atoms with E-state index in [1.54, 1.807) is 0 Å². The third kappa shape index (κ3) is 3.76. The van der Waals surface area contributed by atoms with Crippen molar-refractivity contribution in [2.45, 2.75) is 52.0 Å². The van der Waals surface area contributed by atoms with Gasteiger partial charge in [-0.3, -0.25) is 9.48 Å². The van der Waals surface area contributed by atoms with Crippen LogP contribution in [0, 0.1) is 0 Å². The Labute approximate surface area is 155 Å². The van der Waals surface area contributed by atoms with Gasteiger partial charge in [-0.25, -0.2) is 4.98 Å². The fraction of sp³-hybridized carbons (Fsp3) is 0.632. The van der Waals surface area contributed by atoms with Crippen LogP contribution in [0.4, 0.5) is 5.95 Å². The summed E-state index contributed by atoms with van der Waals surface area (Å²) in [6, 6.07) is 0.242. The lowest BCUT2D eigenvalue weighted by Crippen LogP contribution is -2.45. The van der Waals surface area contributed by atoms with Crippen LogP contribution in [0.5, 0.6) is 0 Å². The van der Waals surface area contributed by atoms with E-state index in [1.807, 2.05) is 35.7 Å². The van der Waals surface area contributed by atoms with E-state index in [-0.39, 0.29) is 11.9 Å². The predicted molar refractivity (Wildman–Crippen MR) is 102 cm³/mol. The minimum Gasteiger partial charge on any atom is -0.353 e. The molecule has 2 aromatic heterocycles. The Balaban J connectivity index is 1.56. The highest BCUT2D eigenvalue weighted by atomic mass is 16.1. The monoisotopic (exact) mass is 358 g/mol. The van der Waals surface area contributed by atoms with Gasteiger partial charge in [-0.05, 0) is 25.7 Å². The first-order chi connectivity index (χ1) is 12.5. The second-order valence-electron chi connectivity index (χ2n) is 7.05. The van der Waals surface area contributed by atoms with Crippen molar-refractivity contribution < 1.29 is 4.79 Å².